The van der Waals surface area contributed by atoms with Gasteiger partial charge in [-0.2, -0.15) is 0 Å². The molecule has 164 valence electrons. The quantitative estimate of drug-likeness (QED) is 0.372. The SMILES string of the molecule is CCC[C@H](CC=CCOCc1ccccc1)C(=O)N1C(=O)OC[C@@H]1Cc1ccccc1. The summed E-state index contributed by atoms with van der Waals surface area (Å²) in [6.07, 6.45) is 6.21. The summed E-state index contributed by atoms with van der Waals surface area (Å²) < 4.78 is 10.9. The van der Waals surface area contributed by atoms with Crippen LogP contribution in [0.1, 0.15) is 37.3 Å². The fourth-order valence-corrected chi connectivity index (χ4v) is 3.80. The van der Waals surface area contributed by atoms with Crippen molar-refractivity contribution in [1.82, 2.24) is 4.90 Å². The Labute approximate surface area is 184 Å². The number of benzene rings is 2. The number of cyclic esters (lactones) is 1. The highest BCUT2D eigenvalue weighted by Gasteiger charge is 2.40. The number of imide groups is 1. The summed E-state index contributed by atoms with van der Waals surface area (Å²) >= 11 is 0. The van der Waals surface area contributed by atoms with E-state index in [9.17, 15) is 9.59 Å². The molecule has 0 aliphatic carbocycles. The standard InChI is InChI=1S/C26H31NO4/c1-2-11-23(16-9-10-17-30-19-22-14-7-4-8-15-22)25(28)27-24(20-31-26(27)29)18-21-12-5-3-6-13-21/h3-10,12-15,23-24H,2,11,16-20H2,1H3/t23-,24+/m1/s1. The molecular weight excluding hydrogens is 390 g/mol. The lowest BCUT2D eigenvalue weighted by atomic mass is 9.96. The van der Waals surface area contributed by atoms with Gasteiger partial charge in [-0.25, -0.2) is 9.69 Å². The average molecular weight is 422 g/mol. The molecule has 1 aliphatic heterocycles. The first-order chi connectivity index (χ1) is 15.2. The van der Waals surface area contributed by atoms with Crippen molar-refractivity contribution in [3.05, 3.63) is 83.9 Å². The number of hydrogen-bond donors (Lipinski definition) is 0. The van der Waals surface area contributed by atoms with Crippen LogP contribution in [0.15, 0.2) is 72.8 Å². The Kier molecular flexibility index (Phi) is 8.85. The monoisotopic (exact) mass is 421 g/mol. The molecular formula is C26H31NO4. The van der Waals surface area contributed by atoms with Crippen molar-refractivity contribution in [2.45, 2.75) is 45.3 Å². The highest BCUT2D eigenvalue weighted by atomic mass is 16.6. The molecule has 0 unspecified atom stereocenters. The Morgan fingerprint density at radius 3 is 2.45 bits per heavy atom. The maximum Gasteiger partial charge on any atom is 0.416 e. The molecule has 0 aromatic heterocycles. The van der Waals surface area contributed by atoms with Crippen molar-refractivity contribution in [3.63, 3.8) is 0 Å². The van der Waals surface area contributed by atoms with E-state index >= 15 is 0 Å². The highest BCUT2D eigenvalue weighted by molar-refractivity contribution is 5.94. The number of hydrogen-bond acceptors (Lipinski definition) is 4. The number of amides is 2. The van der Waals surface area contributed by atoms with Crippen molar-refractivity contribution in [2.24, 2.45) is 5.92 Å². The predicted octanol–water partition coefficient (Wildman–Crippen LogP) is 5.16. The molecule has 1 aliphatic rings. The lowest BCUT2D eigenvalue weighted by Crippen LogP contribution is -2.43. The van der Waals surface area contributed by atoms with Gasteiger partial charge < -0.3 is 9.47 Å². The number of carbonyl (C=O) groups is 2. The van der Waals surface area contributed by atoms with E-state index in [0.29, 0.717) is 26.1 Å². The van der Waals surface area contributed by atoms with Gasteiger partial charge in [-0.1, -0.05) is 86.2 Å². The van der Waals surface area contributed by atoms with Gasteiger partial charge >= 0.3 is 6.09 Å². The van der Waals surface area contributed by atoms with E-state index in [1.165, 1.54) is 4.90 Å². The molecule has 2 aromatic carbocycles. The van der Waals surface area contributed by atoms with E-state index in [1.54, 1.807) is 0 Å². The van der Waals surface area contributed by atoms with Gasteiger partial charge in [0.15, 0.2) is 0 Å². The molecule has 2 atom stereocenters. The van der Waals surface area contributed by atoms with Crippen LogP contribution in [-0.4, -0.2) is 36.2 Å². The molecule has 2 aromatic rings. The second kappa shape index (κ2) is 12.1. The van der Waals surface area contributed by atoms with Crippen LogP contribution in [0.4, 0.5) is 4.79 Å². The maximum atomic E-state index is 13.2. The number of ether oxygens (including phenoxy) is 2. The Balaban J connectivity index is 1.53. The van der Waals surface area contributed by atoms with E-state index in [1.807, 2.05) is 72.8 Å². The van der Waals surface area contributed by atoms with E-state index < -0.39 is 6.09 Å². The van der Waals surface area contributed by atoms with Gasteiger partial charge in [0.25, 0.3) is 0 Å². The van der Waals surface area contributed by atoms with Crippen molar-refractivity contribution < 1.29 is 19.1 Å². The Hall–Kier alpha value is -2.92. The zero-order valence-corrected chi connectivity index (χ0v) is 18.1. The van der Waals surface area contributed by atoms with Crippen LogP contribution in [0.25, 0.3) is 0 Å². The largest absolute Gasteiger partial charge is 0.447 e. The second-order valence-electron chi connectivity index (χ2n) is 7.82. The minimum atomic E-state index is -0.526. The van der Waals surface area contributed by atoms with Crippen LogP contribution < -0.4 is 0 Å². The summed E-state index contributed by atoms with van der Waals surface area (Å²) in [7, 11) is 0. The Bertz CT molecular complexity index is 850. The van der Waals surface area contributed by atoms with E-state index in [4.69, 9.17) is 9.47 Å². The van der Waals surface area contributed by atoms with Gasteiger partial charge in [0.1, 0.15) is 6.61 Å². The minimum absolute atomic E-state index is 0.139. The van der Waals surface area contributed by atoms with Crippen LogP contribution in [0, 0.1) is 5.92 Å². The lowest BCUT2D eigenvalue weighted by Gasteiger charge is -2.24. The first-order valence-electron chi connectivity index (χ1n) is 11.0. The Morgan fingerprint density at radius 2 is 1.77 bits per heavy atom. The molecule has 0 spiro atoms. The smallest absolute Gasteiger partial charge is 0.416 e. The first kappa shape index (κ1) is 22.8. The zero-order chi connectivity index (χ0) is 21.9. The van der Waals surface area contributed by atoms with Gasteiger partial charge in [-0.3, -0.25) is 4.79 Å². The maximum absolute atomic E-state index is 13.2. The van der Waals surface area contributed by atoms with Crippen molar-refractivity contribution >= 4 is 12.0 Å². The summed E-state index contributed by atoms with van der Waals surface area (Å²) in [6.45, 7) is 3.35. The summed E-state index contributed by atoms with van der Waals surface area (Å²) in [4.78, 5) is 26.9. The average Bonchev–Trinajstić information content (AvgIpc) is 3.16. The molecule has 1 saturated heterocycles. The zero-order valence-electron chi connectivity index (χ0n) is 18.1. The normalized spacial score (nSPS) is 17.1. The number of rotatable bonds is 11. The van der Waals surface area contributed by atoms with Gasteiger partial charge in [0.05, 0.1) is 19.3 Å². The molecule has 5 nitrogen and oxygen atoms in total. The third-order valence-electron chi connectivity index (χ3n) is 5.41. The second-order valence-corrected chi connectivity index (χ2v) is 7.82. The highest BCUT2D eigenvalue weighted by Crippen LogP contribution is 2.23. The van der Waals surface area contributed by atoms with Crippen LogP contribution in [-0.2, 0) is 27.3 Å². The number of allylic oxidation sites excluding steroid dienone is 1. The molecule has 31 heavy (non-hydrogen) atoms. The summed E-state index contributed by atoms with van der Waals surface area (Å²) in [5.41, 5.74) is 2.22. The molecule has 0 saturated carbocycles. The third-order valence-corrected chi connectivity index (χ3v) is 5.41. The Morgan fingerprint density at radius 1 is 1.10 bits per heavy atom. The first-order valence-corrected chi connectivity index (χ1v) is 11.0. The van der Waals surface area contributed by atoms with Crippen molar-refractivity contribution in [1.29, 1.82) is 0 Å². The fourth-order valence-electron chi connectivity index (χ4n) is 3.80. The number of nitrogens with zero attached hydrogens (tertiary/aromatic N) is 1. The molecule has 0 radical (unpaired) electrons. The summed E-state index contributed by atoms with van der Waals surface area (Å²) in [5, 5.41) is 0. The van der Waals surface area contributed by atoms with E-state index in [-0.39, 0.29) is 24.5 Å². The van der Waals surface area contributed by atoms with E-state index in [0.717, 1.165) is 24.0 Å². The fraction of sp³-hybridized carbons (Fsp3) is 0.385. The van der Waals surface area contributed by atoms with Crippen LogP contribution >= 0.6 is 0 Å². The van der Waals surface area contributed by atoms with Crippen LogP contribution in [0.2, 0.25) is 0 Å². The minimum Gasteiger partial charge on any atom is -0.447 e. The summed E-state index contributed by atoms with van der Waals surface area (Å²) in [5.74, 6) is -0.376. The molecule has 1 fully saturated rings. The van der Waals surface area contributed by atoms with Crippen molar-refractivity contribution in [2.75, 3.05) is 13.2 Å². The van der Waals surface area contributed by atoms with E-state index in [2.05, 4.69) is 6.92 Å². The van der Waals surface area contributed by atoms with Gasteiger partial charge in [-0.05, 0) is 30.4 Å². The molecule has 0 N–H and O–H groups in total. The van der Waals surface area contributed by atoms with Gasteiger partial charge in [-0.15, -0.1) is 0 Å². The molecule has 5 heteroatoms. The third kappa shape index (κ3) is 6.79. The molecule has 3 rings (SSSR count). The predicted molar refractivity (Wildman–Crippen MR) is 120 cm³/mol. The van der Waals surface area contributed by atoms with Crippen LogP contribution in [0.5, 0.6) is 0 Å². The molecule has 2 amide bonds. The lowest BCUT2D eigenvalue weighted by molar-refractivity contribution is -0.133. The number of carbonyl (C=O) groups excluding carboxylic acids is 2. The summed E-state index contributed by atoms with van der Waals surface area (Å²) in [6, 6.07) is 19.7. The van der Waals surface area contributed by atoms with Crippen molar-refractivity contribution in [3.8, 4) is 0 Å². The van der Waals surface area contributed by atoms with Gasteiger partial charge in [0, 0.05) is 5.92 Å². The van der Waals surface area contributed by atoms with Gasteiger partial charge in [0.2, 0.25) is 5.91 Å². The molecule has 1 heterocycles. The topological polar surface area (TPSA) is 55.8 Å². The van der Waals surface area contributed by atoms with Crippen LogP contribution in [0.3, 0.4) is 0 Å². The molecule has 0 bridgehead atoms.